The summed E-state index contributed by atoms with van der Waals surface area (Å²) in [5, 5.41) is 16.0. The van der Waals surface area contributed by atoms with Gasteiger partial charge in [-0.2, -0.15) is 5.10 Å². The first-order valence-electron chi connectivity index (χ1n) is 7.29. The predicted molar refractivity (Wildman–Crippen MR) is 81.1 cm³/mol. The summed E-state index contributed by atoms with van der Waals surface area (Å²) < 4.78 is 1.34. The number of amides is 1. The Morgan fingerprint density at radius 2 is 2.05 bits per heavy atom. The highest BCUT2D eigenvalue weighted by molar-refractivity contribution is 5.92. The molecule has 1 heterocycles. The van der Waals surface area contributed by atoms with Crippen molar-refractivity contribution in [3.8, 4) is 0 Å². The van der Waals surface area contributed by atoms with Gasteiger partial charge in [-0.3, -0.25) is 9.48 Å². The molecule has 0 spiro atoms. The van der Waals surface area contributed by atoms with Crippen molar-refractivity contribution in [1.82, 2.24) is 9.78 Å². The van der Waals surface area contributed by atoms with E-state index in [4.69, 9.17) is 5.11 Å². The third kappa shape index (κ3) is 4.06. The largest absolute Gasteiger partial charge is 0.479 e. The minimum absolute atomic E-state index is 0.0421. The number of hydrogen-bond acceptors (Lipinski definition) is 3. The van der Waals surface area contributed by atoms with Crippen molar-refractivity contribution in [3.63, 3.8) is 0 Å². The molecule has 0 aliphatic heterocycles. The molecule has 2 N–H and O–H groups in total. The second-order valence-corrected chi connectivity index (χ2v) is 6.17. The second kappa shape index (κ2) is 6.74. The van der Waals surface area contributed by atoms with Gasteiger partial charge in [0.05, 0.1) is 11.9 Å². The van der Waals surface area contributed by atoms with Crippen molar-refractivity contribution < 1.29 is 14.7 Å². The molecule has 0 saturated carbocycles. The van der Waals surface area contributed by atoms with Gasteiger partial charge >= 0.3 is 5.97 Å². The fourth-order valence-electron chi connectivity index (χ4n) is 2.10. The van der Waals surface area contributed by atoms with Crippen molar-refractivity contribution in [1.29, 1.82) is 0 Å². The highest BCUT2D eigenvalue weighted by Gasteiger charge is 2.30. The molecule has 0 radical (unpaired) electrons. The van der Waals surface area contributed by atoms with Crippen LogP contribution in [-0.2, 0) is 15.1 Å². The molecule has 1 atom stereocenters. The van der Waals surface area contributed by atoms with E-state index in [0.29, 0.717) is 5.69 Å². The van der Waals surface area contributed by atoms with Crippen molar-refractivity contribution >= 4 is 17.6 Å². The Hall–Kier alpha value is -1.85. The van der Waals surface area contributed by atoms with E-state index >= 15 is 0 Å². The van der Waals surface area contributed by atoms with Crippen molar-refractivity contribution in [3.05, 3.63) is 12.4 Å². The van der Waals surface area contributed by atoms with Crippen molar-refractivity contribution in [2.75, 3.05) is 5.32 Å². The number of carbonyl (C=O) groups is 2. The van der Waals surface area contributed by atoms with Crippen molar-refractivity contribution in [2.24, 2.45) is 11.8 Å². The molecular weight excluding hydrogens is 270 g/mol. The average Bonchev–Trinajstić information content (AvgIpc) is 2.84. The monoisotopic (exact) mass is 295 g/mol. The fourth-order valence-corrected chi connectivity index (χ4v) is 2.10. The minimum Gasteiger partial charge on any atom is -0.479 e. The summed E-state index contributed by atoms with van der Waals surface area (Å²) in [6, 6.07) is 0. The number of nitrogens with zero attached hydrogens (tertiary/aromatic N) is 2. The van der Waals surface area contributed by atoms with Crippen LogP contribution in [0.1, 0.15) is 47.5 Å². The van der Waals surface area contributed by atoms with E-state index in [2.05, 4.69) is 17.3 Å². The zero-order chi connectivity index (χ0) is 16.2. The number of anilines is 1. The molecule has 0 aliphatic rings. The van der Waals surface area contributed by atoms with Gasteiger partial charge in [-0.25, -0.2) is 4.79 Å². The van der Waals surface area contributed by atoms with E-state index in [1.54, 1.807) is 20.0 Å². The van der Waals surface area contributed by atoms with Crippen LogP contribution in [0.4, 0.5) is 5.69 Å². The zero-order valence-corrected chi connectivity index (χ0v) is 13.4. The molecule has 0 fully saturated rings. The number of rotatable bonds is 7. The van der Waals surface area contributed by atoms with Gasteiger partial charge in [0.2, 0.25) is 5.91 Å². The van der Waals surface area contributed by atoms with E-state index in [9.17, 15) is 9.59 Å². The molecule has 118 valence electrons. The van der Waals surface area contributed by atoms with Gasteiger partial charge in [0.15, 0.2) is 5.54 Å². The van der Waals surface area contributed by atoms with Crippen LogP contribution in [0.15, 0.2) is 12.4 Å². The van der Waals surface area contributed by atoms with Crippen LogP contribution >= 0.6 is 0 Å². The average molecular weight is 295 g/mol. The van der Waals surface area contributed by atoms with Crippen molar-refractivity contribution in [2.45, 2.75) is 53.0 Å². The molecule has 0 bridgehead atoms. The second-order valence-electron chi connectivity index (χ2n) is 6.17. The van der Waals surface area contributed by atoms with E-state index in [1.807, 2.05) is 13.8 Å². The molecule has 21 heavy (non-hydrogen) atoms. The first-order chi connectivity index (χ1) is 9.70. The topological polar surface area (TPSA) is 84.2 Å². The van der Waals surface area contributed by atoms with Gasteiger partial charge in [-0.05, 0) is 26.2 Å². The molecule has 1 amide bonds. The normalized spacial score (nSPS) is 13.2. The third-order valence-electron chi connectivity index (χ3n) is 3.69. The number of aliphatic carboxylic acids is 1. The van der Waals surface area contributed by atoms with Gasteiger partial charge in [0, 0.05) is 12.1 Å². The lowest BCUT2D eigenvalue weighted by atomic mass is 9.90. The quantitative estimate of drug-likeness (QED) is 0.810. The van der Waals surface area contributed by atoms with Gasteiger partial charge in [-0.15, -0.1) is 0 Å². The molecule has 1 aromatic rings. The van der Waals surface area contributed by atoms with Gasteiger partial charge in [0.1, 0.15) is 0 Å². The summed E-state index contributed by atoms with van der Waals surface area (Å²) in [6.07, 6.45) is 4.81. The fraction of sp³-hybridized carbons (Fsp3) is 0.667. The highest BCUT2D eigenvalue weighted by Crippen LogP contribution is 2.21. The Bertz CT molecular complexity index is 506. The number of carboxylic acids is 1. The third-order valence-corrected chi connectivity index (χ3v) is 3.69. The van der Waals surface area contributed by atoms with Crippen LogP contribution < -0.4 is 5.32 Å². The lowest BCUT2D eigenvalue weighted by Gasteiger charge is -2.20. The number of carbonyl (C=O) groups excluding carboxylic acids is 1. The van der Waals surface area contributed by atoms with E-state index < -0.39 is 11.5 Å². The number of hydrogen-bond donors (Lipinski definition) is 2. The van der Waals surface area contributed by atoms with Gasteiger partial charge in [0.25, 0.3) is 0 Å². The van der Waals surface area contributed by atoms with Crippen LogP contribution in [0.2, 0.25) is 0 Å². The summed E-state index contributed by atoms with van der Waals surface area (Å²) in [5.41, 5.74) is -0.625. The molecule has 6 heteroatoms. The van der Waals surface area contributed by atoms with Gasteiger partial charge < -0.3 is 10.4 Å². The van der Waals surface area contributed by atoms with Crippen LogP contribution in [0.3, 0.4) is 0 Å². The SMILES string of the molecule is CCCC(C(=O)Nc1cnn(C(C)(C)C(=O)O)c1)C(C)C. The first-order valence-corrected chi connectivity index (χ1v) is 7.29. The highest BCUT2D eigenvalue weighted by atomic mass is 16.4. The number of carboxylic acid groups (broad SMARTS) is 1. The lowest BCUT2D eigenvalue weighted by Crippen LogP contribution is -2.36. The van der Waals surface area contributed by atoms with Crippen LogP contribution in [0, 0.1) is 11.8 Å². The summed E-state index contributed by atoms with van der Waals surface area (Å²) in [7, 11) is 0. The summed E-state index contributed by atoms with van der Waals surface area (Å²) >= 11 is 0. The lowest BCUT2D eigenvalue weighted by molar-refractivity contribution is -0.146. The maximum Gasteiger partial charge on any atom is 0.331 e. The van der Waals surface area contributed by atoms with Crippen LogP contribution in [0.25, 0.3) is 0 Å². The van der Waals surface area contributed by atoms with Crippen LogP contribution in [-0.4, -0.2) is 26.8 Å². The maximum atomic E-state index is 12.3. The Kier molecular flexibility index (Phi) is 5.52. The first kappa shape index (κ1) is 17.2. The Labute approximate surface area is 125 Å². The Balaban J connectivity index is 2.83. The molecule has 1 aromatic heterocycles. The Morgan fingerprint density at radius 3 is 2.52 bits per heavy atom. The van der Waals surface area contributed by atoms with E-state index in [-0.39, 0.29) is 17.7 Å². The predicted octanol–water partition coefficient (Wildman–Crippen LogP) is 2.71. The number of aromatic nitrogens is 2. The minimum atomic E-state index is -1.15. The maximum absolute atomic E-state index is 12.3. The summed E-state index contributed by atoms with van der Waals surface area (Å²) in [5.74, 6) is -0.810. The Morgan fingerprint density at radius 1 is 1.43 bits per heavy atom. The molecule has 1 rings (SSSR count). The van der Waals surface area contributed by atoms with E-state index in [1.165, 1.54) is 10.9 Å². The summed E-state index contributed by atoms with van der Waals surface area (Å²) in [6.45, 7) is 9.22. The molecular formula is C15H25N3O3. The zero-order valence-electron chi connectivity index (χ0n) is 13.4. The van der Waals surface area contributed by atoms with E-state index in [0.717, 1.165) is 12.8 Å². The molecule has 0 saturated heterocycles. The van der Waals surface area contributed by atoms with Gasteiger partial charge in [-0.1, -0.05) is 27.2 Å². The standard InChI is InChI=1S/C15H25N3O3/c1-6-7-12(10(2)3)13(19)17-11-8-16-18(9-11)15(4,5)14(20)21/h8-10,12H,6-7H2,1-5H3,(H,17,19)(H,20,21). The molecule has 6 nitrogen and oxygen atoms in total. The molecule has 0 aliphatic carbocycles. The molecule has 0 aromatic carbocycles. The molecule has 1 unspecified atom stereocenters. The summed E-state index contributed by atoms with van der Waals surface area (Å²) in [4.78, 5) is 23.5. The number of nitrogens with one attached hydrogen (secondary N) is 1. The smallest absolute Gasteiger partial charge is 0.331 e. The van der Waals surface area contributed by atoms with Crippen LogP contribution in [0.5, 0.6) is 0 Å².